The lowest BCUT2D eigenvalue weighted by Crippen LogP contribution is -2.39. The number of aliphatic hydroxyl groups is 1. The highest BCUT2D eigenvalue weighted by Crippen LogP contribution is 2.41. The molecule has 8 heteroatoms. The Morgan fingerprint density at radius 2 is 1.87 bits per heavy atom. The van der Waals surface area contributed by atoms with Gasteiger partial charge in [-0.2, -0.15) is 0 Å². The lowest BCUT2D eigenvalue weighted by molar-refractivity contribution is -0.129. The molecule has 1 amide bonds. The standard InChI is InChI=1S/C31H36N2O6/c1-3-19-39-26-14-12-24(22-27(26)38-4-2)29-28(25(34)13-11-23-9-6-5-7-10-23)30(35)31(36)33(29)16-8-15-32-17-20-37-21-18-32/h3,5-7,9-14,22,29,35H,1,4,8,15-21H2,2H3. The van der Waals surface area contributed by atoms with E-state index >= 15 is 0 Å². The molecule has 4 rings (SSSR count). The summed E-state index contributed by atoms with van der Waals surface area (Å²) in [6.45, 7) is 10.5. The van der Waals surface area contributed by atoms with Crippen LogP contribution in [0.25, 0.3) is 6.08 Å². The highest BCUT2D eigenvalue weighted by atomic mass is 16.5. The molecule has 0 spiro atoms. The largest absolute Gasteiger partial charge is 0.503 e. The summed E-state index contributed by atoms with van der Waals surface area (Å²) >= 11 is 0. The van der Waals surface area contributed by atoms with Crippen LogP contribution in [0.4, 0.5) is 0 Å². The van der Waals surface area contributed by atoms with Crippen LogP contribution in [-0.4, -0.2) is 79.2 Å². The molecule has 2 aromatic carbocycles. The highest BCUT2D eigenvalue weighted by Gasteiger charge is 2.43. The molecule has 1 saturated heterocycles. The minimum atomic E-state index is -0.761. The number of benzene rings is 2. The number of ketones is 1. The van der Waals surface area contributed by atoms with E-state index in [2.05, 4.69) is 11.5 Å². The summed E-state index contributed by atoms with van der Waals surface area (Å²) < 4.78 is 17.0. The topological polar surface area (TPSA) is 88.5 Å². The minimum absolute atomic E-state index is 0.0563. The zero-order chi connectivity index (χ0) is 27.6. The predicted molar refractivity (Wildman–Crippen MR) is 150 cm³/mol. The van der Waals surface area contributed by atoms with Gasteiger partial charge in [0.2, 0.25) is 0 Å². The zero-order valence-corrected chi connectivity index (χ0v) is 22.4. The van der Waals surface area contributed by atoms with Crippen molar-refractivity contribution in [2.75, 3.05) is 52.6 Å². The molecular formula is C31H36N2O6. The Morgan fingerprint density at radius 3 is 2.59 bits per heavy atom. The van der Waals surface area contributed by atoms with E-state index in [1.54, 1.807) is 35.3 Å². The van der Waals surface area contributed by atoms with Crippen LogP contribution in [0, 0.1) is 0 Å². The Bertz CT molecular complexity index is 1220. The number of ether oxygens (including phenoxy) is 3. The molecule has 0 saturated carbocycles. The maximum absolute atomic E-state index is 13.5. The minimum Gasteiger partial charge on any atom is -0.503 e. The molecule has 2 aromatic rings. The van der Waals surface area contributed by atoms with Crippen molar-refractivity contribution in [2.45, 2.75) is 19.4 Å². The molecule has 8 nitrogen and oxygen atoms in total. The fourth-order valence-electron chi connectivity index (χ4n) is 4.83. The first-order valence-electron chi connectivity index (χ1n) is 13.4. The van der Waals surface area contributed by atoms with Gasteiger partial charge < -0.3 is 24.2 Å². The first-order valence-corrected chi connectivity index (χ1v) is 13.4. The number of nitrogens with zero attached hydrogens (tertiary/aromatic N) is 2. The van der Waals surface area contributed by atoms with Gasteiger partial charge in [0.15, 0.2) is 23.0 Å². The van der Waals surface area contributed by atoms with E-state index in [4.69, 9.17) is 14.2 Å². The smallest absolute Gasteiger partial charge is 0.290 e. The van der Waals surface area contributed by atoms with Gasteiger partial charge in [0.1, 0.15) is 6.61 Å². The van der Waals surface area contributed by atoms with Gasteiger partial charge in [-0.15, -0.1) is 0 Å². The van der Waals surface area contributed by atoms with Gasteiger partial charge in [-0.3, -0.25) is 14.5 Å². The monoisotopic (exact) mass is 532 g/mol. The number of carbonyl (C=O) groups is 2. The number of carbonyl (C=O) groups excluding carboxylic acids is 2. The molecule has 2 aliphatic rings. The summed E-state index contributed by atoms with van der Waals surface area (Å²) in [5, 5.41) is 11.0. The van der Waals surface area contributed by atoms with Gasteiger partial charge in [-0.1, -0.05) is 55.1 Å². The molecule has 0 aromatic heterocycles. The first kappa shape index (κ1) is 28.1. The highest BCUT2D eigenvalue weighted by molar-refractivity contribution is 6.14. The van der Waals surface area contributed by atoms with Gasteiger partial charge in [-0.05, 0) is 42.7 Å². The Labute approximate surface area is 229 Å². The van der Waals surface area contributed by atoms with Crippen molar-refractivity contribution >= 4 is 17.8 Å². The number of aliphatic hydroxyl groups excluding tert-OH is 1. The van der Waals surface area contributed by atoms with Crippen molar-refractivity contribution in [3.63, 3.8) is 0 Å². The lowest BCUT2D eigenvalue weighted by atomic mass is 9.95. The van der Waals surface area contributed by atoms with Crippen LogP contribution in [0.5, 0.6) is 11.5 Å². The molecule has 1 atom stereocenters. The fraction of sp³-hybridized carbons (Fsp3) is 0.355. The van der Waals surface area contributed by atoms with Crippen LogP contribution in [0.1, 0.15) is 30.5 Å². The SMILES string of the molecule is C=CCOc1ccc(C2C(C(=O)C=Cc3ccccc3)=C(O)C(=O)N2CCCN2CCOCC2)cc1OCC. The zero-order valence-electron chi connectivity index (χ0n) is 22.4. The van der Waals surface area contributed by atoms with Crippen molar-refractivity contribution in [1.29, 1.82) is 0 Å². The third-order valence-electron chi connectivity index (χ3n) is 6.71. The molecule has 1 unspecified atom stereocenters. The summed E-state index contributed by atoms with van der Waals surface area (Å²) in [5.74, 6) is -0.456. The van der Waals surface area contributed by atoms with Crippen molar-refractivity contribution in [3.8, 4) is 11.5 Å². The molecule has 2 aliphatic heterocycles. The van der Waals surface area contributed by atoms with Crippen molar-refractivity contribution in [1.82, 2.24) is 9.80 Å². The second-order valence-electron chi connectivity index (χ2n) is 9.32. The van der Waals surface area contributed by atoms with Crippen LogP contribution < -0.4 is 9.47 Å². The first-order chi connectivity index (χ1) is 19.0. The van der Waals surface area contributed by atoms with E-state index in [-0.39, 0.29) is 5.57 Å². The molecule has 2 heterocycles. The van der Waals surface area contributed by atoms with Gasteiger partial charge >= 0.3 is 0 Å². The Hall–Kier alpha value is -3.88. The molecule has 0 aliphatic carbocycles. The number of hydrogen-bond donors (Lipinski definition) is 1. The second kappa shape index (κ2) is 13.8. The Kier molecular flexibility index (Phi) is 9.94. The van der Waals surface area contributed by atoms with E-state index in [9.17, 15) is 14.7 Å². The normalized spacial score (nSPS) is 18.1. The number of rotatable bonds is 13. The predicted octanol–water partition coefficient (Wildman–Crippen LogP) is 4.35. The van der Waals surface area contributed by atoms with Crippen molar-refractivity contribution in [2.24, 2.45) is 0 Å². The molecular weight excluding hydrogens is 496 g/mol. The molecule has 1 fully saturated rings. The van der Waals surface area contributed by atoms with Crippen LogP contribution >= 0.6 is 0 Å². The lowest BCUT2D eigenvalue weighted by Gasteiger charge is -2.30. The quantitative estimate of drug-likeness (QED) is 0.303. The average Bonchev–Trinajstić information content (AvgIpc) is 3.21. The summed E-state index contributed by atoms with van der Waals surface area (Å²) in [4.78, 5) is 30.7. The number of allylic oxidation sites excluding steroid dienone is 1. The molecule has 39 heavy (non-hydrogen) atoms. The van der Waals surface area contributed by atoms with Crippen LogP contribution in [-0.2, 0) is 14.3 Å². The number of amides is 1. The summed E-state index contributed by atoms with van der Waals surface area (Å²) in [6, 6.07) is 14.0. The van der Waals surface area contributed by atoms with Crippen molar-refractivity contribution in [3.05, 3.63) is 89.7 Å². The van der Waals surface area contributed by atoms with Crippen LogP contribution in [0.3, 0.4) is 0 Å². The Morgan fingerprint density at radius 1 is 1.10 bits per heavy atom. The number of morpholine rings is 1. The van der Waals surface area contributed by atoms with E-state index in [1.807, 2.05) is 37.3 Å². The van der Waals surface area contributed by atoms with Gasteiger partial charge in [0, 0.05) is 26.2 Å². The van der Waals surface area contributed by atoms with E-state index in [1.165, 1.54) is 6.08 Å². The maximum Gasteiger partial charge on any atom is 0.290 e. The summed E-state index contributed by atoms with van der Waals surface area (Å²) in [5.41, 5.74) is 1.56. The third kappa shape index (κ3) is 6.96. The maximum atomic E-state index is 13.5. The third-order valence-corrected chi connectivity index (χ3v) is 6.71. The number of hydrogen-bond acceptors (Lipinski definition) is 7. The average molecular weight is 533 g/mol. The van der Waals surface area contributed by atoms with Gasteiger partial charge in [0.05, 0.1) is 31.4 Å². The van der Waals surface area contributed by atoms with Crippen molar-refractivity contribution < 1.29 is 28.9 Å². The molecule has 0 radical (unpaired) electrons. The summed E-state index contributed by atoms with van der Waals surface area (Å²) in [7, 11) is 0. The second-order valence-corrected chi connectivity index (χ2v) is 9.32. The molecule has 0 bridgehead atoms. The van der Waals surface area contributed by atoms with Gasteiger partial charge in [0.25, 0.3) is 5.91 Å². The van der Waals surface area contributed by atoms with Gasteiger partial charge in [-0.25, -0.2) is 0 Å². The van der Waals surface area contributed by atoms with E-state index in [0.29, 0.717) is 56.5 Å². The molecule has 1 N–H and O–H groups in total. The van der Waals surface area contributed by atoms with E-state index < -0.39 is 23.5 Å². The van der Waals surface area contributed by atoms with E-state index in [0.717, 1.165) is 25.2 Å². The Balaban J connectivity index is 1.64. The molecule has 206 valence electrons. The fourth-order valence-corrected chi connectivity index (χ4v) is 4.83. The van der Waals surface area contributed by atoms with Crippen LogP contribution in [0.15, 0.2) is 78.6 Å². The van der Waals surface area contributed by atoms with Crippen LogP contribution in [0.2, 0.25) is 0 Å². The summed E-state index contributed by atoms with van der Waals surface area (Å²) in [6.07, 6.45) is 5.42.